The fourth-order valence-corrected chi connectivity index (χ4v) is 14.0. The van der Waals surface area contributed by atoms with Crippen LogP contribution in [0.15, 0.2) is 60.7 Å². The molecule has 0 aliphatic heterocycles. The van der Waals surface area contributed by atoms with Crippen LogP contribution in [0, 0.1) is 5.92 Å². The first kappa shape index (κ1) is 22.2. The Labute approximate surface area is 182 Å². The molecule has 0 spiro atoms. The molecule has 0 saturated heterocycles. The molecular weight excluding hydrogens is 441 g/mol. The van der Waals surface area contributed by atoms with E-state index in [2.05, 4.69) is 122 Å². The summed E-state index contributed by atoms with van der Waals surface area (Å²) in [5.41, 5.74) is 1.53. The molecule has 0 radical (unpaired) electrons. The molecular formula is C24H35BrNPSi. The maximum atomic E-state index is 4.25. The third kappa shape index (κ3) is 4.64. The van der Waals surface area contributed by atoms with E-state index in [-0.39, 0.29) is 7.92 Å². The highest BCUT2D eigenvalue weighted by molar-refractivity contribution is 9.09. The lowest BCUT2D eigenvalue weighted by Crippen LogP contribution is -2.42. The van der Waals surface area contributed by atoms with Crippen LogP contribution in [0.3, 0.4) is 0 Å². The van der Waals surface area contributed by atoms with Gasteiger partial charge in [-0.25, -0.2) is 0 Å². The van der Waals surface area contributed by atoms with Gasteiger partial charge in [0.05, 0.1) is 0 Å². The van der Waals surface area contributed by atoms with Gasteiger partial charge in [0.2, 0.25) is 0 Å². The second-order valence-electron chi connectivity index (χ2n) is 9.54. The fourth-order valence-electron chi connectivity index (χ4n) is 4.78. The molecule has 0 N–H and O–H groups in total. The van der Waals surface area contributed by atoms with Crippen molar-refractivity contribution in [2.45, 2.75) is 55.1 Å². The standard InChI is InChI=1S/C24H35BrNPSi/c1-18(26(2)3)23-21(17-22(24(23)25)28(4,5)6)27(19-13-9-7-10-14-19)20-15-11-8-12-16-20/h7-16,18,21-24H,17H2,1-6H3. The van der Waals surface area contributed by atoms with Crippen molar-refractivity contribution in [3.8, 4) is 0 Å². The molecule has 2 aromatic carbocycles. The number of hydrogen-bond donors (Lipinski definition) is 0. The van der Waals surface area contributed by atoms with Crippen molar-refractivity contribution >= 4 is 42.5 Å². The van der Waals surface area contributed by atoms with Crippen molar-refractivity contribution in [1.82, 2.24) is 4.90 Å². The van der Waals surface area contributed by atoms with Crippen LogP contribution in [0.5, 0.6) is 0 Å². The summed E-state index contributed by atoms with van der Waals surface area (Å²) in [4.78, 5) is 3.04. The largest absolute Gasteiger partial charge is 0.306 e. The molecule has 0 amide bonds. The highest BCUT2D eigenvalue weighted by atomic mass is 79.9. The number of benzene rings is 2. The molecule has 5 unspecified atom stereocenters. The lowest BCUT2D eigenvalue weighted by molar-refractivity contribution is 0.236. The van der Waals surface area contributed by atoms with Crippen molar-refractivity contribution in [2.24, 2.45) is 5.92 Å². The van der Waals surface area contributed by atoms with Crippen LogP contribution in [0.4, 0.5) is 0 Å². The van der Waals surface area contributed by atoms with Crippen molar-refractivity contribution in [2.75, 3.05) is 14.1 Å². The molecule has 28 heavy (non-hydrogen) atoms. The number of hydrogen-bond acceptors (Lipinski definition) is 1. The van der Waals surface area contributed by atoms with Gasteiger partial charge in [-0.1, -0.05) is 96.2 Å². The predicted molar refractivity (Wildman–Crippen MR) is 134 cm³/mol. The lowest BCUT2D eigenvalue weighted by Gasteiger charge is -2.37. The minimum absolute atomic E-state index is 0.383. The Kier molecular flexibility index (Phi) is 7.24. The molecule has 1 aliphatic rings. The zero-order valence-electron chi connectivity index (χ0n) is 18.1. The second kappa shape index (κ2) is 9.12. The third-order valence-electron chi connectivity index (χ3n) is 6.58. The average molecular weight is 477 g/mol. The highest BCUT2D eigenvalue weighted by Gasteiger charge is 2.51. The Bertz CT molecular complexity index is 707. The first-order valence-corrected chi connectivity index (χ1v) is 16.3. The monoisotopic (exact) mass is 475 g/mol. The fraction of sp³-hybridized carbons (Fsp3) is 0.500. The van der Waals surface area contributed by atoms with Crippen molar-refractivity contribution < 1.29 is 0 Å². The lowest BCUT2D eigenvalue weighted by atomic mass is 9.98. The summed E-state index contributed by atoms with van der Waals surface area (Å²) >= 11 is 4.25. The first-order valence-electron chi connectivity index (χ1n) is 10.4. The Morgan fingerprint density at radius 1 is 0.929 bits per heavy atom. The van der Waals surface area contributed by atoms with Crippen LogP contribution in [0.2, 0.25) is 25.2 Å². The van der Waals surface area contributed by atoms with Gasteiger partial charge < -0.3 is 4.90 Å². The molecule has 1 saturated carbocycles. The Morgan fingerprint density at radius 3 is 1.79 bits per heavy atom. The van der Waals surface area contributed by atoms with E-state index in [1.807, 2.05) is 0 Å². The smallest absolute Gasteiger partial charge is 0.0486 e. The summed E-state index contributed by atoms with van der Waals surface area (Å²) in [6, 6.07) is 23.2. The molecule has 1 fully saturated rings. The zero-order valence-corrected chi connectivity index (χ0v) is 21.6. The van der Waals surface area contributed by atoms with Crippen LogP contribution in [0.1, 0.15) is 13.3 Å². The van der Waals surface area contributed by atoms with Crippen LogP contribution in [-0.4, -0.2) is 43.6 Å². The van der Waals surface area contributed by atoms with Crippen LogP contribution >= 0.6 is 23.9 Å². The van der Waals surface area contributed by atoms with Crippen molar-refractivity contribution in [3.63, 3.8) is 0 Å². The van der Waals surface area contributed by atoms with Gasteiger partial charge in [-0.2, -0.15) is 0 Å². The van der Waals surface area contributed by atoms with Crippen molar-refractivity contribution in [1.29, 1.82) is 0 Å². The Morgan fingerprint density at radius 2 is 1.39 bits per heavy atom. The quantitative estimate of drug-likeness (QED) is 0.284. The van der Waals surface area contributed by atoms with E-state index in [1.54, 1.807) is 0 Å². The van der Waals surface area contributed by atoms with Gasteiger partial charge in [0.25, 0.3) is 0 Å². The van der Waals surface area contributed by atoms with Gasteiger partial charge >= 0.3 is 0 Å². The Balaban J connectivity index is 2.10. The number of halogens is 1. The van der Waals surface area contributed by atoms with Crippen molar-refractivity contribution in [3.05, 3.63) is 60.7 Å². The summed E-state index contributed by atoms with van der Waals surface area (Å²) in [5, 5.41) is 3.06. The number of nitrogens with zero attached hydrogens (tertiary/aromatic N) is 1. The molecule has 1 nitrogen and oxygen atoms in total. The van der Waals surface area contributed by atoms with E-state index in [1.165, 1.54) is 17.0 Å². The Hall–Kier alpha value is -0.473. The minimum Gasteiger partial charge on any atom is -0.306 e. The number of alkyl halides is 1. The molecule has 5 atom stereocenters. The molecule has 0 bridgehead atoms. The molecule has 2 aromatic rings. The van der Waals surface area contributed by atoms with Gasteiger partial charge in [0.15, 0.2) is 0 Å². The summed E-state index contributed by atoms with van der Waals surface area (Å²) < 4.78 is 0. The molecule has 152 valence electrons. The van der Waals surface area contributed by atoms with Crippen LogP contribution < -0.4 is 10.6 Å². The van der Waals surface area contributed by atoms with E-state index < -0.39 is 8.07 Å². The minimum atomic E-state index is -1.25. The SMILES string of the molecule is CC(C1C(Br)C([Si](C)(C)C)CC1P(c1ccccc1)c1ccccc1)N(C)C. The predicted octanol–water partition coefficient (Wildman–Crippen LogP) is 5.93. The molecule has 0 aromatic heterocycles. The van der Waals surface area contributed by atoms with Gasteiger partial charge in [-0.3, -0.25) is 0 Å². The van der Waals surface area contributed by atoms with E-state index in [0.29, 0.717) is 22.4 Å². The molecule has 1 aliphatic carbocycles. The summed E-state index contributed by atoms with van der Waals surface area (Å²) in [6.45, 7) is 10.1. The van der Waals surface area contributed by atoms with E-state index in [4.69, 9.17) is 0 Å². The third-order valence-corrected chi connectivity index (χ3v) is 14.1. The summed E-state index contributed by atoms with van der Waals surface area (Å²) in [6.07, 6.45) is 1.35. The van der Waals surface area contributed by atoms with Gasteiger partial charge in [0.1, 0.15) is 0 Å². The molecule has 4 heteroatoms. The first-order chi connectivity index (χ1) is 13.2. The maximum Gasteiger partial charge on any atom is 0.0486 e. The molecule has 3 rings (SSSR count). The van der Waals surface area contributed by atoms with E-state index >= 15 is 0 Å². The second-order valence-corrected chi connectivity index (χ2v) is 18.5. The molecule has 0 heterocycles. The summed E-state index contributed by atoms with van der Waals surface area (Å²) in [5.74, 6) is 0.665. The topological polar surface area (TPSA) is 3.24 Å². The zero-order chi connectivity index (χ0) is 20.5. The van der Waals surface area contributed by atoms with Gasteiger partial charge in [-0.15, -0.1) is 0 Å². The van der Waals surface area contributed by atoms with E-state index in [0.717, 1.165) is 5.54 Å². The number of rotatable bonds is 6. The maximum absolute atomic E-state index is 4.25. The highest BCUT2D eigenvalue weighted by Crippen LogP contribution is 2.59. The summed E-state index contributed by atoms with van der Waals surface area (Å²) in [7, 11) is 2.86. The average Bonchev–Trinajstić information content (AvgIpc) is 3.00. The van der Waals surface area contributed by atoms with Gasteiger partial charge in [-0.05, 0) is 63.1 Å². The van der Waals surface area contributed by atoms with E-state index in [9.17, 15) is 0 Å². The van der Waals surface area contributed by atoms with Gasteiger partial charge in [0, 0.05) is 18.9 Å². The normalized spacial score (nSPS) is 26.8. The van der Waals surface area contributed by atoms with Crippen LogP contribution in [-0.2, 0) is 0 Å². The van der Waals surface area contributed by atoms with Crippen LogP contribution in [0.25, 0.3) is 0 Å².